The van der Waals surface area contributed by atoms with Gasteiger partial charge in [-0.25, -0.2) is 10.2 Å². The van der Waals surface area contributed by atoms with E-state index in [9.17, 15) is 9.59 Å². The summed E-state index contributed by atoms with van der Waals surface area (Å²) in [4.78, 5) is 24.6. The number of carbonyl (C=O) groups excluding carboxylic acids is 2. The van der Waals surface area contributed by atoms with Crippen molar-refractivity contribution in [3.63, 3.8) is 0 Å². The Hall–Kier alpha value is -4.17. The summed E-state index contributed by atoms with van der Waals surface area (Å²) in [6, 6.07) is 23.6. The Morgan fingerprint density at radius 1 is 0.944 bits per heavy atom. The highest BCUT2D eigenvalue weighted by Gasteiger charge is 2.13. The number of carbonyl (C=O) groups is 2. The fourth-order valence-corrected chi connectivity index (χ4v) is 3.98. The Morgan fingerprint density at radius 3 is 2.47 bits per heavy atom. The fraction of sp³-hybridized carbons (Fsp3) is 0.107. The van der Waals surface area contributed by atoms with E-state index >= 15 is 0 Å². The van der Waals surface area contributed by atoms with Crippen LogP contribution in [0.2, 0.25) is 0 Å². The summed E-state index contributed by atoms with van der Waals surface area (Å²) >= 11 is 3.54. The van der Waals surface area contributed by atoms with Gasteiger partial charge in [0.15, 0.2) is 18.1 Å². The Balaban J connectivity index is 1.33. The van der Waals surface area contributed by atoms with Gasteiger partial charge in [0.05, 0.1) is 23.4 Å². The summed E-state index contributed by atoms with van der Waals surface area (Å²) in [7, 11) is 1.48. The van der Waals surface area contributed by atoms with Crippen LogP contribution in [0, 0.1) is 6.92 Å². The summed E-state index contributed by atoms with van der Waals surface area (Å²) in [5.41, 5.74) is 4.56. The molecule has 0 unspecified atom stereocenters. The van der Waals surface area contributed by atoms with E-state index in [2.05, 4.69) is 26.5 Å². The highest BCUT2D eigenvalue weighted by Crippen LogP contribution is 2.33. The van der Waals surface area contributed by atoms with Gasteiger partial charge < -0.3 is 14.2 Å². The van der Waals surface area contributed by atoms with E-state index in [0.717, 1.165) is 20.8 Å². The molecule has 0 saturated heterocycles. The number of hydrogen-bond donors (Lipinski definition) is 1. The van der Waals surface area contributed by atoms with Crippen molar-refractivity contribution in [3.05, 3.63) is 100 Å². The molecule has 4 rings (SSSR count). The molecule has 4 aromatic rings. The Morgan fingerprint density at radius 2 is 1.69 bits per heavy atom. The number of benzene rings is 4. The van der Waals surface area contributed by atoms with Crippen LogP contribution in [0.15, 0.2) is 88.4 Å². The highest BCUT2D eigenvalue weighted by molar-refractivity contribution is 9.10. The first kappa shape index (κ1) is 24.9. The number of nitrogens with one attached hydrogen (secondary N) is 1. The Kier molecular flexibility index (Phi) is 7.97. The summed E-state index contributed by atoms with van der Waals surface area (Å²) in [6.07, 6.45) is 1.46. The number of halogens is 1. The third kappa shape index (κ3) is 6.09. The lowest BCUT2D eigenvalue weighted by atomic mass is 10.1. The number of hydrogen-bond acceptors (Lipinski definition) is 6. The van der Waals surface area contributed by atoms with Gasteiger partial charge in [0.2, 0.25) is 0 Å². The van der Waals surface area contributed by atoms with Crippen molar-refractivity contribution in [2.45, 2.75) is 6.92 Å². The van der Waals surface area contributed by atoms with E-state index in [1.807, 2.05) is 55.5 Å². The van der Waals surface area contributed by atoms with Crippen LogP contribution in [-0.4, -0.2) is 31.8 Å². The quantitative estimate of drug-likeness (QED) is 0.133. The minimum absolute atomic E-state index is 0.203. The van der Waals surface area contributed by atoms with Gasteiger partial charge in [0.1, 0.15) is 5.75 Å². The van der Waals surface area contributed by atoms with Crippen molar-refractivity contribution in [2.75, 3.05) is 13.7 Å². The van der Waals surface area contributed by atoms with Crippen molar-refractivity contribution < 1.29 is 23.8 Å². The Bertz CT molecular complexity index is 1430. The number of nitrogens with zero attached hydrogens (tertiary/aromatic N) is 1. The zero-order chi connectivity index (χ0) is 25.5. The Labute approximate surface area is 216 Å². The zero-order valence-corrected chi connectivity index (χ0v) is 21.2. The van der Waals surface area contributed by atoms with E-state index in [0.29, 0.717) is 22.6 Å². The normalized spacial score (nSPS) is 10.9. The van der Waals surface area contributed by atoms with E-state index in [-0.39, 0.29) is 12.4 Å². The van der Waals surface area contributed by atoms with Gasteiger partial charge in [-0.05, 0) is 75.6 Å². The first-order chi connectivity index (χ1) is 17.4. The summed E-state index contributed by atoms with van der Waals surface area (Å²) in [6.45, 7) is 1.74. The lowest BCUT2D eigenvalue weighted by Gasteiger charge is -2.10. The molecule has 0 heterocycles. The van der Waals surface area contributed by atoms with Gasteiger partial charge in [-0.1, -0.05) is 48.0 Å². The molecule has 36 heavy (non-hydrogen) atoms. The molecular formula is C28H23BrN2O5. The van der Waals surface area contributed by atoms with Gasteiger partial charge in [0, 0.05) is 0 Å². The molecular weight excluding hydrogens is 524 g/mol. The highest BCUT2D eigenvalue weighted by atomic mass is 79.9. The van der Waals surface area contributed by atoms with Crippen LogP contribution in [0.4, 0.5) is 0 Å². The predicted octanol–water partition coefficient (Wildman–Crippen LogP) is 5.67. The summed E-state index contributed by atoms with van der Waals surface area (Å²) in [5.74, 6) is 0.296. The average molecular weight is 547 g/mol. The van der Waals surface area contributed by atoms with Crippen molar-refractivity contribution in [1.29, 1.82) is 0 Å². The largest absolute Gasteiger partial charge is 0.493 e. The molecule has 0 spiro atoms. The first-order valence-electron chi connectivity index (χ1n) is 11.0. The lowest BCUT2D eigenvalue weighted by molar-refractivity contribution is -0.123. The molecule has 0 atom stereocenters. The van der Waals surface area contributed by atoms with Gasteiger partial charge >= 0.3 is 5.97 Å². The molecule has 0 aliphatic rings. The van der Waals surface area contributed by atoms with Crippen molar-refractivity contribution in [3.8, 4) is 17.2 Å². The van der Waals surface area contributed by atoms with E-state index in [1.54, 1.807) is 30.3 Å². The van der Waals surface area contributed by atoms with Crippen LogP contribution < -0.4 is 19.6 Å². The maximum Gasteiger partial charge on any atom is 0.343 e. The molecule has 0 aliphatic carbocycles. The summed E-state index contributed by atoms with van der Waals surface area (Å²) in [5, 5.41) is 6.03. The second kappa shape index (κ2) is 11.5. The maximum absolute atomic E-state index is 12.4. The van der Waals surface area contributed by atoms with Crippen LogP contribution in [0.5, 0.6) is 17.2 Å². The minimum Gasteiger partial charge on any atom is -0.493 e. The van der Waals surface area contributed by atoms with E-state index < -0.39 is 11.9 Å². The predicted molar refractivity (Wildman–Crippen MR) is 142 cm³/mol. The second-order valence-corrected chi connectivity index (χ2v) is 8.64. The van der Waals surface area contributed by atoms with Crippen LogP contribution >= 0.6 is 15.9 Å². The molecule has 1 amide bonds. The summed E-state index contributed by atoms with van der Waals surface area (Å²) < 4.78 is 17.2. The van der Waals surface area contributed by atoms with Crippen LogP contribution in [-0.2, 0) is 4.79 Å². The second-order valence-electron chi connectivity index (χ2n) is 7.85. The average Bonchev–Trinajstić information content (AvgIpc) is 2.89. The molecule has 8 heteroatoms. The first-order valence-corrected chi connectivity index (χ1v) is 11.8. The van der Waals surface area contributed by atoms with Crippen LogP contribution in [0.1, 0.15) is 21.5 Å². The molecule has 0 fully saturated rings. The number of amides is 1. The monoisotopic (exact) mass is 546 g/mol. The number of hydrazone groups is 1. The molecule has 7 nitrogen and oxygen atoms in total. The topological polar surface area (TPSA) is 86.2 Å². The lowest BCUT2D eigenvalue weighted by Crippen LogP contribution is -2.24. The number of rotatable bonds is 8. The SMILES string of the molecule is COc1cc(/C=N\NC(=O)COc2ccc3ccccc3c2Br)ccc1OC(=O)c1ccc(C)cc1. The van der Waals surface area contributed by atoms with Gasteiger partial charge in [-0.15, -0.1) is 0 Å². The number of esters is 1. The van der Waals surface area contributed by atoms with Crippen molar-refractivity contribution >= 4 is 44.8 Å². The third-order valence-electron chi connectivity index (χ3n) is 5.27. The molecule has 0 radical (unpaired) electrons. The molecule has 0 aromatic heterocycles. The molecule has 0 bridgehead atoms. The molecule has 4 aromatic carbocycles. The molecule has 0 saturated carbocycles. The minimum atomic E-state index is -0.486. The smallest absolute Gasteiger partial charge is 0.343 e. The van der Waals surface area contributed by atoms with Crippen LogP contribution in [0.3, 0.4) is 0 Å². The zero-order valence-electron chi connectivity index (χ0n) is 19.7. The third-order valence-corrected chi connectivity index (χ3v) is 6.09. The number of ether oxygens (including phenoxy) is 3. The van der Waals surface area contributed by atoms with Crippen molar-refractivity contribution in [2.24, 2.45) is 5.10 Å². The molecule has 0 aliphatic heterocycles. The molecule has 182 valence electrons. The van der Waals surface area contributed by atoms with Gasteiger partial charge in [-0.3, -0.25) is 4.79 Å². The fourth-order valence-electron chi connectivity index (χ4n) is 3.38. The van der Waals surface area contributed by atoms with Crippen LogP contribution in [0.25, 0.3) is 10.8 Å². The number of fused-ring (bicyclic) bond motifs is 1. The number of methoxy groups -OCH3 is 1. The van der Waals surface area contributed by atoms with E-state index in [1.165, 1.54) is 13.3 Å². The number of aryl methyl sites for hydroxylation is 1. The van der Waals surface area contributed by atoms with E-state index in [4.69, 9.17) is 14.2 Å². The van der Waals surface area contributed by atoms with Gasteiger partial charge in [-0.2, -0.15) is 5.10 Å². The van der Waals surface area contributed by atoms with Gasteiger partial charge in [0.25, 0.3) is 5.91 Å². The standard InChI is InChI=1S/C28H23BrN2O5/c1-18-7-10-21(11-8-18)28(33)36-23-13-9-19(15-25(23)34-2)16-30-31-26(32)17-35-24-14-12-20-5-3-4-6-22(20)27(24)29/h3-16H,17H2,1-2H3,(H,31,32)/b30-16-. The molecule has 1 N–H and O–H groups in total. The van der Waals surface area contributed by atoms with Crippen molar-refractivity contribution in [1.82, 2.24) is 5.43 Å². The maximum atomic E-state index is 12.4.